The second-order valence-electron chi connectivity index (χ2n) is 5.39. The van der Waals surface area contributed by atoms with E-state index in [1.807, 2.05) is 6.92 Å². The highest BCUT2D eigenvalue weighted by atomic mass is 16.5. The molecule has 0 aromatic carbocycles. The van der Waals surface area contributed by atoms with Crippen LogP contribution in [0.1, 0.15) is 56.4 Å². The van der Waals surface area contributed by atoms with Crippen molar-refractivity contribution >= 4 is 0 Å². The van der Waals surface area contributed by atoms with E-state index in [0.717, 1.165) is 18.2 Å². The van der Waals surface area contributed by atoms with E-state index in [1.54, 1.807) is 0 Å². The predicted molar refractivity (Wildman–Crippen MR) is 66.1 cm³/mol. The average molecular weight is 219 g/mol. The van der Waals surface area contributed by atoms with E-state index in [4.69, 9.17) is 4.74 Å². The molecule has 0 radical (unpaired) electrons. The molecule has 16 heavy (non-hydrogen) atoms. The first-order valence-corrected chi connectivity index (χ1v) is 6.15. The molecule has 2 rings (SSSR count). The second-order valence-corrected chi connectivity index (χ2v) is 5.39. The molecule has 0 fully saturated rings. The number of aryl methyl sites for hydroxylation is 1. The zero-order valence-corrected chi connectivity index (χ0v) is 10.9. The van der Waals surface area contributed by atoms with Crippen LogP contribution in [0, 0.1) is 12.8 Å². The van der Waals surface area contributed by atoms with Crippen LogP contribution in [0.3, 0.4) is 0 Å². The van der Waals surface area contributed by atoms with Crippen molar-refractivity contribution in [1.82, 2.24) is 4.98 Å². The first-order chi connectivity index (χ1) is 7.50. The molecule has 1 aromatic heterocycles. The van der Waals surface area contributed by atoms with E-state index >= 15 is 0 Å². The van der Waals surface area contributed by atoms with Gasteiger partial charge in [0.2, 0.25) is 5.88 Å². The molecule has 0 saturated carbocycles. The van der Waals surface area contributed by atoms with Gasteiger partial charge in [0.05, 0.1) is 6.61 Å². The summed E-state index contributed by atoms with van der Waals surface area (Å²) in [4.78, 5) is 4.51. The van der Waals surface area contributed by atoms with Crippen molar-refractivity contribution in [2.45, 2.75) is 46.5 Å². The standard InChI is InChI=1S/C14H21NO/c1-8(2)11-6-10(5)15-14-13(11)12(7-16-14)9(3)4/h6,8-9,12H,7H2,1-5H3. The number of hydrogen-bond acceptors (Lipinski definition) is 2. The Morgan fingerprint density at radius 3 is 2.56 bits per heavy atom. The second kappa shape index (κ2) is 4.08. The Bertz CT molecular complexity index is 396. The van der Waals surface area contributed by atoms with Gasteiger partial charge in [-0.3, -0.25) is 0 Å². The van der Waals surface area contributed by atoms with Gasteiger partial charge in [-0.05, 0) is 30.4 Å². The summed E-state index contributed by atoms with van der Waals surface area (Å²) in [5.41, 5.74) is 3.83. The average Bonchev–Trinajstić information content (AvgIpc) is 2.59. The Morgan fingerprint density at radius 1 is 1.31 bits per heavy atom. The molecule has 2 heteroatoms. The molecule has 1 aliphatic rings. The summed E-state index contributed by atoms with van der Waals surface area (Å²) in [6.45, 7) is 11.8. The Labute approximate surface area is 98.0 Å². The number of nitrogens with zero attached hydrogens (tertiary/aromatic N) is 1. The quantitative estimate of drug-likeness (QED) is 0.757. The maximum absolute atomic E-state index is 5.73. The van der Waals surface area contributed by atoms with Crippen molar-refractivity contribution < 1.29 is 4.74 Å². The van der Waals surface area contributed by atoms with E-state index < -0.39 is 0 Å². The van der Waals surface area contributed by atoms with E-state index in [-0.39, 0.29) is 0 Å². The van der Waals surface area contributed by atoms with Crippen LogP contribution in [-0.4, -0.2) is 11.6 Å². The fraction of sp³-hybridized carbons (Fsp3) is 0.643. The van der Waals surface area contributed by atoms with Crippen molar-refractivity contribution in [3.63, 3.8) is 0 Å². The molecule has 1 unspecified atom stereocenters. The fourth-order valence-corrected chi connectivity index (χ4v) is 2.42. The number of fused-ring (bicyclic) bond motifs is 1. The van der Waals surface area contributed by atoms with Gasteiger partial charge in [-0.2, -0.15) is 0 Å². The molecule has 1 aliphatic heterocycles. The van der Waals surface area contributed by atoms with Gasteiger partial charge < -0.3 is 4.74 Å². The summed E-state index contributed by atoms with van der Waals surface area (Å²) in [6, 6.07) is 2.22. The van der Waals surface area contributed by atoms with Gasteiger partial charge in [-0.1, -0.05) is 27.7 Å². The SMILES string of the molecule is Cc1cc(C(C)C)c2c(n1)OCC2C(C)C. The lowest BCUT2D eigenvalue weighted by Gasteiger charge is -2.18. The van der Waals surface area contributed by atoms with Crippen LogP contribution < -0.4 is 4.74 Å². The van der Waals surface area contributed by atoms with E-state index in [2.05, 4.69) is 38.7 Å². The van der Waals surface area contributed by atoms with Crippen LogP contribution in [0.15, 0.2) is 6.07 Å². The van der Waals surface area contributed by atoms with Crippen LogP contribution in [0.5, 0.6) is 5.88 Å². The zero-order chi connectivity index (χ0) is 11.9. The fourth-order valence-electron chi connectivity index (χ4n) is 2.42. The highest BCUT2D eigenvalue weighted by Crippen LogP contribution is 2.41. The van der Waals surface area contributed by atoms with Gasteiger partial charge in [0, 0.05) is 17.2 Å². The summed E-state index contributed by atoms with van der Waals surface area (Å²) in [7, 11) is 0. The van der Waals surface area contributed by atoms with Crippen molar-refractivity contribution in [1.29, 1.82) is 0 Å². The molecule has 2 heterocycles. The molecule has 0 saturated heterocycles. The van der Waals surface area contributed by atoms with Crippen LogP contribution in [0.25, 0.3) is 0 Å². The Morgan fingerprint density at radius 2 is 2.00 bits per heavy atom. The molecule has 1 aromatic rings. The third kappa shape index (κ3) is 1.81. The van der Waals surface area contributed by atoms with Crippen molar-refractivity contribution in [2.75, 3.05) is 6.61 Å². The summed E-state index contributed by atoms with van der Waals surface area (Å²) in [6.07, 6.45) is 0. The number of pyridine rings is 1. The van der Waals surface area contributed by atoms with Gasteiger partial charge in [0.25, 0.3) is 0 Å². The third-order valence-electron chi connectivity index (χ3n) is 3.38. The lowest BCUT2D eigenvalue weighted by molar-refractivity contribution is 0.296. The number of aromatic nitrogens is 1. The number of hydrogen-bond donors (Lipinski definition) is 0. The van der Waals surface area contributed by atoms with Crippen molar-refractivity contribution in [3.8, 4) is 5.88 Å². The predicted octanol–water partition coefficient (Wildman–Crippen LogP) is 3.65. The lowest BCUT2D eigenvalue weighted by atomic mass is 9.85. The normalized spacial score (nSPS) is 19.1. The molecule has 0 N–H and O–H groups in total. The maximum atomic E-state index is 5.73. The summed E-state index contributed by atoms with van der Waals surface area (Å²) >= 11 is 0. The molecule has 1 atom stereocenters. The Hall–Kier alpha value is -1.05. The molecule has 2 nitrogen and oxygen atoms in total. The monoisotopic (exact) mass is 219 g/mol. The van der Waals surface area contributed by atoms with Gasteiger partial charge >= 0.3 is 0 Å². The molecular formula is C14H21NO. The first kappa shape index (κ1) is 11.4. The highest BCUT2D eigenvalue weighted by Gasteiger charge is 2.31. The minimum Gasteiger partial charge on any atom is -0.477 e. The molecule has 0 amide bonds. The summed E-state index contributed by atoms with van der Waals surface area (Å²) in [5.74, 6) is 2.55. The van der Waals surface area contributed by atoms with Crippen LogP contribution >= 0.6 is 0 Å². The topological polar surface area (TPSA) is 22.1 Å². The number of ether oxygens (including phenoxy) is 1. The van der Waals surface area contributed by atoms with Crippen LogP contribution in [-0.2, 0) is 0 Å². The van der Waals surface area contributed by atoms with Gasteiger partial charge in [0.15, 0.2) is 0 Å². The van der Waals surface area contributed by atoms with Crippen LogP contribution in [0.2, 0.25) is 0 Å². The van der Waals surface area contributed by atoms with Crippen molar-refractivity contribution in [3.05, 3.63) is 22.9 Å². The highest BCUT2D eigenvalue weighted by molar-refractivity contribution is 5.44. The van der Waals surface area contributed by atoms with E-state index in [9.17, 15) is 0 Å². The summed E-state index contributed by atoms with van der Waals surface area (Å²) in [5, 5.41) is 0. The summed E-state index contributed by atoms with van der Waals surface area (Å²) < 4.78 is 5.73. The van der Waals surface area contributed by atoms with Crippen LogP contribution in [0.4, 0.5) is 0 Å². The Balaban J connectivity index is 2.54. The van der Waals surface area contributed by atoms with Gasteiger partial charge in [0.1, 0.15) is 0 Å². The molecular weight excluding hydrogens is 198 g/mol. The minimum atomic E-state index is 0.514. The number of rotatable bonds is 2. The third-order valence-corrected chi connectivity index (χ3v) is 3.38. The van der Waals surface area contributed by atoms with Gasteiger partial charge in [-0.25, -0.2) is 4.98 Å². The lowest BCUT2D eigenvalue weighted by Crippen LogP contribution is -2.10. The molecule has 0 spiro atoms. The van der Waals surface area contributed by atoms with E-state index in [1.165, 1.54) is 11.1 Å². The minimum absolute atomic E-state index is 0.514. The zero-order valence-electron chi connectivity index (χ0n) is 10.9. The smallest absolute Gasteiger partial charge is 0.217 e. The maximum Gasteiger partial charge on any atom is 0.217 e. The van der Waals surface area contributed by atoms with Crippen molar-refractivity contribution in [2.24, 2.45) is 5.92 Å². The molecule has 0 aliphatic carbocycles. The largest absolute Gasteiger partial charge is 0.477 e. The van der Waals surface area contributed by atoms with Gasteiger partial charge in [-0.15, -0.1) is 0 Å². The molecule has 0 bridgehead atoms. The Kier molecular flexibility index (Phi) is 2.92. The van der Waals surface area contributed by atoms with E-state index in [0.29, 0.717) is 17.8 Å². The first-order valence-electron chi connectivity index (χ1n) is 6.15. The molecule has 88 valence electrons.